The molecular weight excluding hydrogens is 558 g/mol. The van der Waals surface area contributed by atoms with E-state index >= 15 is 0 Å². The second-order valence-corrected chi connectivity index (χ2v) is 11.6. The van der Waals surface area contributed by atoms with Crippen molar-refractivity contribution in [2.75, 3.05) is 13.2 Å². The molecule has 2 amide bonds. The van der Waals surface area contributed by atoms with Crippen LogP contribution >= 0.6 is 15.9 Å². The van der Waals surface area contributed by atoms with Gasteiger partial charge in [-0.2, -0.15) is 0 Å². The lowest BCUT2D eigenvalue weighted by atomic mass is 9.70. The summed E-state index contributed by atoms with van der Waals surface area (Å²) in [5.41, 5.74) is 0.0825. The Labute approximate surface area is 228 Å². The number of halogens is 1. The van der Waals surface area contributed by atoms with Gasteiger partial charge >= 0.3 is 5.97 Å². The van der Waals surface area contributed by atoms with E-state index in [0.717, 1.165) is 5.52 Å². The number of ether oxygens (including phenoxy) is 1. The molecule has 3 aliphatic heterocycles. The maximum absolute atomic E-state index is 14.5. The summed E-state index contributed by atoms with van der Waals surface area (Å²) in [5.74, 6) is -4.25. The van der Waals surface area contributed by atoms with Gasteiger partial charge in [0.05, 0.1) is 36.1 Å². The molecule has 8 atom stereocenters. The van der Waals surface area contributed by atoms with E-state index < -0.39 is 53.4 Å². The summed E-state index contributed by atoms with van der Waals surface area (Å²) in [5, 5.41) is 28.9. The number of likely N-dealkylation sites (tertiary alicyclic amines) is 1. The number of rotatable bonds is 10. The highest BCUT2D eigenvalue weighted by Gasteiger charge is 2.77. The summed E-state index contributed by atoms with van der Waals surface area (Å²) in [7, 11) is 0. The van der Waals surface area contributed by atoms with Crippen LogP contribution in [0.2, 0.25) is 0 Å². The van der Waals surface area contributed by atoms with Gasteiger partial charge in [-0.3, -0.25) is 14.4 Å². The number of carboxylic acid groups (broad SMARTS) is 1. The Kier molecular flexibility index (Phi) is 7.08. The van der Waals surface area contributed by atoms with Crippen molar-refractivity contribution in [3.8, 4) is 0 Å². The molecule has 2 bridgehead atoms. The monoisotopic (exact) mass is 589 g/mol. The number of fused-ring (bicyclic) bond motifs is 2. The maximum atomic E-state index is 14.5. The summed E-state index contributed by atoms with van der Waals surface area (Å²) in [6.07, 6.45) is 1.81. The van der Waals surface area contributed by atoms with E-state index in [0.29, 0.717) is 18.4 Å². The van der Waals surface area contributed by atoms with E-state index in [9.17, 15) is 24.6 Å². The van der Waals surface area contributed by atoms with Crippen LogP contribution in [0.15, 0.2) is 36.9 Å². The van der Waals surface area contributed by atoms with Gasteiger partial charge in [0.25, 0.3) is 0 Å². The van der Waals surface area contributed by atoms with Gasteiger partial charge in [-0.1, -0.05) is 59.6 Å². The molecule has 2 N–H and O–H groups in total. The number of para-hydroxylation sites is 1. The molecule has 3 saturated heterocycles. The first-order valence-corrected chi connectivity index (χ1v) is 13.8. The van der Waals surface area contributed by atoms with E-state index in [1.165, 1.54) is 9.80 Å². The van der Waals surface area contributed by atoms with Gasteiger partial charge in [0, 0.05) is 11.4 Å². The van der Waals surface area contributed by atoms with Crippen molar-refractivity contribution in [2.24, 2.45) is 17.8 Å². The lowest BCUT2D eigenvalue weighted by Gasteiger charge is -2.40. The SMILES string of the molecule is C=CCN(Cn1nnc2ccccc21)C(=O)[C@@H]1N([C@@H](CO)[C@@H](C)CC)C(=O)[C@H]2[C@H](C(=O)O)[C@H]3O[C@@]12CC3Br. The average Bonchev–Trinajstić information content (AvgIpc) is 3.61. The smallest absolute Gasteiger partial charge is 0.310 e. The normalized spacial score (nSPS) is 31.4. The number of aliphatic hydroxyl groups is 1. The fourth-order valence-corrected chi connectivity index (χ4v) is 7.47. The Bertz CT molecular complexity index is 1270. The van der Waals surface area contributed by atoms with Crippen LogP contribution < -0.4 is 0 Å². The third-order valence-corrected chi connectivity index (χ3v) is 9.32. The molecule has 1 spiro atoms. The van der Waals surface area contributed by atoms with Crippen LogP contribution in [-0.2, 0) is 25.8 Å². The first-order chi connectivity index (χ1) is 18.2. The van der Waals surface area contributed by atoms with Crippen LogP contribution in [-0.4, -0.2) is 94.6 Å². The largest absolute Gasteiger partial charge is 0.481 e. The van der Waals surface area contributed by atoms with Crippen LogP contribution in [0.4, 0.5) is 0 Å². The molecule has 0 radical (unpaired) electrons. The third-order valence-electron chi connectivity index (χ3n) is 8.48. The van der Waals surface area contributed by atoms with Crippen molar-refractivity contribution in [3.05, 3.63) is 36.9 Å². The average molecular weight is 590 g/mol. The summed E-state index contributed by atoms with van der Waals surface area (Å²) in [6, 6.07) is 5.59. The highest BCUT2D eigenvalue weighted by atomic mass is 79.9. The number of hydrogen-bond acceptors (Lipinski definition) is 7. The zero-order chi connectivity index (χ0) is 27.4. The molecule has 0 saturated carbocycles. The topological polar surface area (TPSA) is 138 Å². The molecule has 1 aromatic carbocycles. The van der Waals surface area contributed by atoms with E-state index in [1.807, 2.05) is 38.1 Å². The number of aliphatic carboxylic acids is 1. The van der Waals surface area contributed by atoms with Crippen LogP contribution in [0.1, 0.15) is 26.7 Å². The molecule has 4 heterocycles. The number of aliphatic hydroxyl groups excluding tert-OH is 1. The number of aromatic nitrogens is 3. The Hall–Kier alpha value is -2.83. The fraction of sp³-hybridized carbons (Fsp3) is 0.577. The summed E-state index contributed by atoms with van der Waals surface area (Å²) in [6.45, 7) is 7.50. The minimum atomic E-state index is -1.33. The molecule has 3 fully saturated rings. The molecule has 11 nitrogen and oxygen atoms in total. The van der Waals surface area contributed by atoms with Crippen LogP contribution in [0.3, 0.4) is 0 Å². The second-order valence-electron chi connectivity index (χ2n) is 10.5. The highest BCUT2D eigenvalue weighted by molar-refractivity contribution is 9.09. The Morgan fingerprint density at radius 3 is 2.79 bits per heavy atom. The van der Waals surface area contributed by atoms with Crippen molar-refractivity contribution >= 4 is 44.7 Å². The first-order valence-electron chi connectivity index (χ1n) is 12.9. The zero-order valence-corrected chi connectivity index (χ0v) is 22.9. The standard InChI is InChI=1S/C26H32BrN5O6/c1-4-10-30(13-31-17-9-7-6-8-16(17)28-29-31)24(35)22-26-11-15(27)21(38-26)19(25(36)37)20(26)23(34)32(22)18(12-33)14(3)5-2/h4,6-9,14-15,18-22,33H,1,5,10-13H2,2-3H3,(H,36,37)/t14-,15?,18-,19-,20+,21-,22-,26+/m0/s1. The molecule has 2 aromatic rings. The Balaban J connectivity index is 1.59. The summed E-state index contributed by atoms with van der Waals surface area (Å²) >= 11 is 3.56. The molecule has 0 aliphatic carbocycles. The molecular formula is C26H32BrN5O6. The fourth-order valence-electron chi connectivity index (χ4n) is 6.53. The summed E-state index contributed by atoms with van der Waals surface area (Å²) in [4.78, 5) is 43.5. The van der Waals surface area contributed by atoms with Crippen LogP contribution in [0.5, 0.6) is 0 Å². The number of carboxylic acids is 1. The van der Waals surface area contributed by atoms with Gasteiger partial charge in [0.1, 0.15) is 23.8 Å². The number of benzene rings is 1. The van der Waals surface area contributed by atoms with E-state index in [4.69, 9.17) is 4.74 Å². The van der Waals surface area contributed by atoms with Gasteiger partial charge in [0.15, 0.2) is 0 Å². The maximum Gasteiger partial charge on any atom is 0.310 e. The third kappa shape index (κ3) is 3.87. The predicted octanol–water partition coefficient (Wildman–Crippen LogP) is 1.64. The molecule has 3 aliphatic rings. The molecule has 1 unspecified atom stereocenters. The Morgan fingerprint density at radius 1 is 1.39 bits per heavy atom. The van der Waals surface area contributed by atoms with Crippen molar-refractivity contribution < 1.29 is 29.3 Å². The van der Waals surface area contributed by atoms with E-state index in [-0.39, 0.29) is 30.6 Å². The molecule has 5 rings (SSSR count). The quantitative estimate of drug-likeness (QED) is 0.315. The highest BCUT2D eigenvalue weighted by Crippen LogP contribution is 2.60. The van der Waals surface area contributed by atoms with Gasteiger partial charge in [-0.05, 0) is 24.5 Å². The lowest BCUT2D eigenvalue weighted by molar-refractivity contribution is -0.155. The number of amides is 2. The van der Waals surface area contributed by atoms with Crippen molar-refractivity contribution in [1.82, 2.24) is 24.8 Å². The van der Waals surface area contributed by atoms with Crippen molar-refractivity contribution in [3.63, 3.8) is 0 Å². The van der Waals surface area contributed by atoms with E-state index in [2.05, 4.69) is 32.8 Å². The number of hydrogen-bond donors (Lipinski definition) is 2. The van der Waals surface area contributed by atoms with Crippen LogP contribution in [0.25, 0.3) is 11.0 Å². The van der Waals surface area contributed by atoms with Crippen molar-refractivity contribution in [1.29, 1.82) is 0 Å². The van der Waals surface area contributed by atoms with Gasteiger partial charge in [0.2, 0.25) is 11.8 Å². The predicted molar refractivity (Wildman–Crippen MR) is 140 cm³/mol. The molecule has 12 heteroatoms. The molecule has 38 heavy (non-hydrogen) atoms. The number of carbonyl (C=O) groups is 3. The number of carbonyl (C=O) groups excluding carboxylic acids is 2. The number of nitrogens with zero attached hydrogens (tertiary/aromatic N) is 5. The minimum absolute atomic E-state index is 0.0430. The first kappa shape index (κ1) is 26.8. The summed E-state index contributed by atoms with van der Waals surface area (Å²) < 4.78 is 7.97. The van der Waals surface area contributed by atoms with Gasteiger partial charge in [-0.25, -0.2) is 4.68 Å². The zero-order valence-electron chi connectivity index (χ0n) is 21.3. The minimum Gasteiger partial charge on any atom is -0.481 e. The second kappa shape index (κ2) is 10.0. The Morgan fingerprint density at radius 2 is 2.13 bits per heavy atom. The number of alkyl halides is 1. The van der Waals surface area contributed by atoms with Gasteiger partial charge < -0.3 is 24.7 Å². The lowest BCUT2D eigenvalue weighted by Crippen LogP contribution is -2.60. The van der Waals surface area contributed by atoms with E-state index in [1.54, 1.807) is 10.8 Å². The van der Waals surface area contributed by atoms with Crippen molar-refractivity contribution in [2.45, 2.75) is 62.0 Å². The van der Waals surface area contributed by atoms with Crippen LogP contribution in [0, 0.1) is 17.8 Å². The van der Waals surface area contributed by atoms with Gasteiger partial charge in [-0.15, -0.1) is 11.7 Å². The molecule has 204 valence electrons. The molecule has 1 aromatic heterocycles.